The number of hydroxylamine groups is 2. The quantitative estimate of drug-likeness (QED) is 0.851. The molecular weight excluding hydrogens is 268 g/mol. The van der Waals surface area contributed by atoms with E-state index in [1.54, 1.807) is 12.1 Å². The second kappa shape index (κ2) is 4.94. The average molecular weight is 283 g/mol. The predicted molar refractivity (Wildman–Crippen MR) is 68.5 cm³/mol. The highest BCUT2D eigenvalue weighted by Gasteiger charge is 2.41. The van der Waals surface area contributed by atoms with Crippen molar-refractivity contribution in [1.29, 1.82) is 0 Å². The molecule has 2 aliphatic rings. The molecule has 2 atom stereocenters. The summed E-state index contributed by atoms with van der Waals surface area (Å²) < 4.78 is 0. The van der Waals surface area contributed by atoms with Crippen LogP contribution in [0, 0.1) is 0 Å². The Hall–Kier alpha value is -1.40. The first-order valence-electron chi connectivity index (χ1n) is 6.39. The van der Waals surface area contributed by atoms with Crippen LogP contribution in [0.25, 0.3) is 0 Å². The molecule has 19 heavy (non-hydrogen) atoms. The minimum atomic E-state index is -0.437. The number of piperidine rings is 1. The van der Waals surface area contributed by atoms with Crippen molar-refractivity contribution in [3.05, 3.63) is 22.5 Å². The average Bonchev–Trinajstić information content (AvgIpc) is 2.40. The van der Waals surface area contributed by atoms with Gasteiger partial charge in [0.25, 0.3) is 0 Å². The molecule has 0 aromatic carbocycles. The van der Waals surface area contributed by atoms with Crippen LogP contribution in [0.15, 0.2) is 6.07 Å². The first-order chi connectivity index (χ1) is 9.19. The Morgan fingerprint density at radius 2 is 2.37 bits per heavy atom. The monoisotopic (exact) mass is 282 g/mol. The number of nitrogens with one attached hydrogen (secondary N) is 1. The van der Waals surface area contributed by atoms with E-state index >= 15 is 0 Å². The fraction of sp³-hybridized carbons (Fsp3) is 0.583. The maximum Gasteiger partial charge on any atom is 0.426 e. The Labute approximate surface area is 116 Å². The van der Waals surface area contributed by atoms with Crippen LogP contribution in [0.1, 0.15) is 36.6 Å². The molecule has 1 aromatic rings. The topological polar surface area (TPSA) is 67.3 Å². The fourth-order valence-corrected chi connectivity index (χ4v) is 3.05. The van der Waals surface area contributed by atoms with Crippen LogP contribution in [0.5, 0.6) is 0 Å². The fourth-order valence-electron chi connectivity index (χ4n) is 2.90. The Morgan fingerprint density at radius 1 is 1.53 bits per heavy atom. The summed E-state index contributed by atoms with van der Waals surface area (Å²) in [6.45, 7) is 0. The molecule has 1 amide bonds. The number of carbonyl (C=O) groups is 1. The van der Waals surface area contributed by atoms with E-state index < -0.39 is 6.09 Å². The van der Waals surface area contributed by atoms with Crippen LogP contribution < -0.4 is 5.32 Å². The number of hydrogen-bond donors (Lipinski definition) is 1. The molecule has 0 aliphatic carbocycles. The molecule has 0 saturated carbocycles. The van der Waals surface area contributed by atoms with E-state index in [1.165, 1.54) is 0 Å². The van der Waals surface area contributed by atoms with E-state index in [0.717, 1.165) is 36.9 Å². The number of rotatable bonds is 1. The maximum absolute atomic E-state index is 11.5. The van der Waals surface area contributed by atoms with E-state index in [0.29, 0.717) is 5.15 Å². The lowest BCUT2D eigenvalue weighted by Crippen LogP contribution is -2.49. The zero-order chi connectivity index (χ0) is 13.4. The summed E-state index contributed by atoms with van der Waals surface area (Å²) >= 11 is 5.92. The third-order valence-corrected chi connectivity index (χ3v) is 3.92. The van der Waals surface area contributed by atoms with Gasteiger partial charge in [0.05, 0.1) is 17.8 Å². The van der Waals surface area contributed by atoms with Gasteiger partial charge in [-0.1, -0.05) is 11.6 Å². The lowest BCUT2D eigenvalue weighted by molar-refractivity contribution is -0.185. The third kappa shape index (κ3) is 2.26. The number of hydrogen-bond acceptors (Lipinski definition) is 5. The molecule has 2 bridgehead atoms. The van der Waals surface area contributed by atoms with Crippen molar-refractivity contribution in [2.45, 2.75) is 37.8 Å². The molecule has 3 heterocycles. The van der Waals surface area contributed by atoms with Crippen molar-refractivity contribution < 1.29 is 9.63 Å². The number of fused-ring (bicyclic) bond motifs is 4. The number of amides is 1. The Morgan fingerprint density at radius 3 is 3.16 bits per heavy atom. The minimum Gasteiger partial charge on any atom is -0.350 e. The van der Waals surface area contributed by atoms with Crippen LogP contribution in [0.3, 0.4) is 0 Å². The predicted octanol–water partition coefficient (Wildman–Crippen LogP) is 1.85. The lowest BCUT2D eigenvalue weighted by atomic mass is 9.84. The van der Waals surface area contributed by atoms with Gasteiger partial charge in [-0.15, -0.1) is 10.2 Å². The van der Waals surface area contributed by atoms with Gasteiger partial charge in [-0.05, 0) is 30.9 Å². The first kappa shape index (κ1) is 12.6. The van der Waals surface area contributed by atoms with Crippen molar-refractivity contribution in [1.82, 2.24) is 20.6 Å². The van der Waals surface area contributed by atoms with Crippen LogP contribution in [0.4, 0.5) is 4.79 Å². The normalized spacial score (nSPS) is 25.6. The standard InChI is InChI=1S/C12H15ClN4O2/c1-14-12(18)19-17-7-3-2-4-10(17)8-6-11(13)16-15-9(8)5-7/h6-7,10H,2-5H2,1H3,(H,14,18). The SMILES string of the molecule is CNC(=O)ON1C2CCCC1c1cc(Cl)nnc1C2. The molecule has 1 N–H and O–H groups in total. The molecule has 1 saturated heterocycles. The molecular formula is C12H15ClN4O2. The Kier molecular flexibility index (Phi) is 3.28. The Bertz CT molecular complexity index is 511. The molecule has 0 spiro atoms. The van der Waals surface area contributed by atoms with Gasteiger partial charge in [-0.3, -0.25) is 0 Å². The van der Waals surface area contributed by atoms with E-state index in [1.807, 2.05) is 6.07 Å². The van der Waals surface area contributed by atoms with Gasteiger partial charge in [0.1, 0.15) is 0 Å². The molecule has 1 aromatic heterocycles. The minimum absolute atomic E-state index is 0.0350. The van der Waals surface area contributed by atoms with Crippen molar-refractivity contribution in [3.8, 4) is 0 Å². The lowest BCUT2D eigenvalue weighted by Gasteiger charge is -2.43. The van der Waals surface area contributed by atoms with Crippen LogP contribution in [-0.2, 0) is 11.3 Å². The second-order valence-electron chi connectivity index (χ2n) is 4.86. The van der Waals surface area contributed by atoms with Gasteiger partial charge >= 0.3 is 6.09 Å². The van der Waals surface area contributed by atoms with E-state index in [2.05, 4.69) is 15.5 Å². The molecule has 2 aliphatic heterocycles. The number of halogens is 1. The van der Waals surface area contributed by atoms with Gasteiger partial charge in [-0.2, -0.15) is 5.10 Å². The summed E-state index contributed by atoms with van der Waals surface area (Å²) in [4.78, 5) is 16.9. The molecule has 0 radical (unpaired) electrons. The van der Waals surface area contributed by atoms with Crippen molar-refractivity contribution in [3.63, 3.8) is 0 Å². The molecule has 7 heteroatoms. The maximum atomic E-state index is 11.5. The van der Waals surface area contributed by atoms with Crippen LogP contribution >= 0.6 is 11.6 Å². The van der Waals surface area contributed by atoms with Crippen molar-refractivity contribution in [2.24, 2.45) is 0 Å². The van der Waals surface area contributed by atoms with Gasteiger partial charge < -0.3 is 10.2 Å². The van der Waals surface area contributed by atoms with Gasteiger partial charge in [-0.25, -0.2) is 4.79 Å². The van der Waals surface area contributed by atoms with Gasteiger partial charge in [0.2, 0.25) is 0 Å². The second-order valence-corrected chi connectivity index (χ2v) is 5.25. The molecule has 2 unspecified atom stereocenters. The van der Waals surface area contributed by atoms with E-state index in [9.17, 15) is 4.79 Å². The zero-order valence-electron chi connectivity index (χ0n) is 10.6. The van der Waals surface area contributed by atoms with E-state index in [-0.39, 0.29) is 12.1 Å². The highest BCUT2D eigenvalue weighted by Crippen LogP contribution is 2.41. The summed E-state index contributed by atoms with van der Waals surface area (Å²) in [6.07, 6.45) is 3.35. The molecule has 6 nitrogen and oxygen atoms in total. The molecule has 3 rings (SSSR count). The van der Waals surface area contributed by atoms with Crippen LogP contribution in [-0.4, -0.2) is 34.4 Å². The summed E-state index contributed by atoms with van der Waals surface area (Å²) in [6, 6.07) is 2.04. The smallest absolute Gasteiger partial charge is 0.350 e. The zero-order valence-corrected chi connectivity index (χ0v) is 11.4. The highest BCUT2D eigenvalue weighted by atomic mass is 35.5. The number of aromatic nitrogens is 2. The summed E-state index contributed by atoms with van der Waals surface area (Å²) in [5.41, 5.74) is 2.00. The largest absolute Gasteiger partial charge is 0.426 e. The summed E-state index contributed by atoms with van der Waals surface area (Å²) in [5.74, 6) is 0. The Balaban J connectivity index is 1.94. The van der Waals surface area contributed by atoms with E-state index in [4.69, 9.17) is 16.4 Å². The number of nitrogens with zero attached hydrogens (tertiary/aromatic N) is 3. The highest BCUT2D eigenvalue weighted by molar-refractivity contribution is 6.29. The van der Waals surface area contributed by atoms with Gasteiger partial charge in [0.15, 0.2) is 5.15 Å². The molecule has 102 valence electrons. The molecule has 1 fully saturated rings. The van der Waals surface area contributed by atoms with Gasteiger partial charge in [0, 0.05) is 13.5 Å². The van der Waals surface area contributed by atoms with Crippen molar-refractivity contribution >= 4 is 17.7 Å². The first-order valence-corrected chi connectivity index (χ1v) is 6.77. The number of carbonyl (C=O) groups excluding carboxylic acids is 1. The summed E-state index contributed by atoms with van der Waals surface area (Å²) in [7, 11) is 1.55. The third-order valence-electron chi connectivity index (χ3n) is 3.74. The summed E-state index contributed by atoms with van der Waals surface area (Å²) in [5, 5.41) is 12.7. The van der Waals surface area contributed by atoms with Crippen LogP contribution in [0.2, 0.25) is 5.15 Å². The van der Waals surface area contributed by atoms with Crippen molar-refractivity contribution in [2.75, 3.05) is 7.05 Å².